The second-order valence-electron chi connectivity index (χ2n) is 4.56. The maximum absolute atomic E-state index is 6.14. The predicted molar refractivity (Wildman–Crippen MR) is 67.1 cm³/mol. The minimum atomic E-state index is 0.210. The Kier molecular flexibility index (Phi) is 4.62. The van der Waals surface area contributed by atoms with Crippen molar-refractivity contribution in [2.24, 2.45) is 17.6 Å². The standard InChI is InChI=1S/C13H20ClN/c1-9(2)12(10(3)15)8-11-6-4-5-7-13(11)14/h4-7,9-10,12H,8,15H2,1-3H3. The summed E-state index contributed by atoms with van der Waals surface area (Å²) in [5.74, 6) is 1.08. The lowest BCUT2D eigenvalue weighted by atomic mass is 9.84. The van der Waals surface area contributed by atoms with Crippen LogP contribution in [0.15, 0.2) is 24.3 Å². The van der Waals surface area contributed by atoms with Crippen LogP contribution in [0.2, 0.25) is 5.02 Å². The molecule has 2 unspecified atom stereocenters. The fourth-order valence-corrected chi connectivity index (χ4v) is 2.16. The highest BCUT2D eigenvalue weighted by Crippen LogP contribution is 2.24. The molecule has 0 amide bonds. The van der Waals surface area contributed by atoms with Gasteiger partial charge in [-0.15, -0.1) is 0 Å². The molecule has 1 aromatic rings. The smallest absolute Gasteiger partial charge is 0.0438 e. The Balaban J connectivity index is 2.79. The maximum atomic E-state index is 6.14. The molecule has 0 spiro atoms. The van der Waals surface area contributed by atoms with Crippen molar-refractivity contribution in [2.75, 3.05) is 0 Å². The Morgan fingerprint density at radius 3 is 2.27 bits per heavy atom. The van der Waals surface area contributed by atoms with Gasteiger partial charge in [-0.25, -0.2) is 0 Å². The molecule has 0 radical (unpaired) electrons. The zero-order valence-electron chi connectivity index (χ0n) is 9.70. The Bertz CT molecular complexity index is 299. The van der Waals surface area contributed by atoms with E-state index in [1.165, 1.54) is 5.56 Å². The summed E-state index contributed by atoms with van der Waals surface area (Å²) in [6.45, 7) is 6.50. The van der Waals surface area contributed by atoms with E-state index in [2.05, 4.69) is 26.8 Å². The van der Waals surface area contributed by atoms with Crippen molar-refractivity contribution < 1.29 is 0 Å². The van der Waals surface area contributed by atoms with Crippen molar-refractivity contribution >= 4 is 11.6 Å². The van der Waals surface area contributed by atoms with Crippen LogP contribution < -0.4 is 5.73 Å². The molecule has 0 heterocycles. The lowest BCUT2D eigenvalue weighted by Crippen LogP contribution is -2.32. The average Bonchev–Trinajstić information content (AvgIpc) is 2.15. The molecule has 0 saturated heterocycles. The number of nitrogens with two attached hydrogens (primary N) is 1. The van der Waals surface area contributed by atoms with E-state index in [1.807, 2.05) is 18.2 Å². The normalized spacial score (nSPS) is 15.3. The quantitative estimate of drug-likeness (QED) is 0.834. The SMILES string of the molecule is CC(C)C(Cc1ccccc1Cl)C(C)N. The molecular formula is C13H20ClN. The molecule has 2 N–H and O–H groups in total. The largest absolute Gasteiger partial charge is 0.328 e. The first kappa shape index (κ1) is 12.5. The van der Waals surface area contributed by atoms with Crippen molar-refractivity contribution in [3.8, 4) is 0 Å². The van der Waals surface area contributed by atoms with Gasteiger partial charge >= 0.3 is 0 Å². The fraction of sp³-hybridized carbons (Fsp3) is 0.538. The topological polar surface area (TPSA) is 26.0 Å². The van der Waals surface area contributed by atoms with E-state index in [1.54, 1.807) is 0 Å². The van der Waals surface area contributed by atoms with Gasteiger partial charge in [0.25, 0.3) is 0 Å². The van der Waals surface area contributed by atoms with Gasteiger partial charge in [0.15, 0.2) is 0 Å². The van der Waals surface area contributed by atoms with E-state index in [4.69, 9.17) is 17.3 Å². The molecular weight excluding hydrogens is 206 g/mol. The number of hydrogen-bond donors (Lipinski definition) is 1. The van der Waals surface area contributed by atoms with Crippen molar-refractivity contribution in [2.45, 2.75) is 33.2 Å². The first-order valence-electron chi connectivity index (χ1n) is 5.51. The molecule has 0 bridgehead atoms. The number of halogens is 1. The van der Waals surface area contributed by atoms with Gasteiger partial charge in [-0.2, -0.15) is 0 Å². The highest BCUT2D eigenvalue weighted by atomic mass is 35.5. The van der Waals surface area contributed by atoms with Gasteiger partial charge in [0.2, 0.25) is 0 Å². The monoisotopic (exact) mass is 225 g/mol. The molecule has 2 heteroatoms. The second kappa shape index (κ2) is 5.53. The minimum absolute atomic E-state index is 0.210. The lowest BCUT2D eigenvalue weighted by Gasteiger charge is -2.25. The van der Waals surface area contributed by atoms with E-state index in [9.17, 15) is 0 Å². The third kappa shape index (κ3) is 3.51. The minimum Gasteiger partial charge on any atom is -0.328 e. The van der Waals surface area contributed by atoms with Crippen LogP contribution in [0.25, 0.3) is 0 Å². The average molecular weight is 226 g/mol. The van der Waals surface area contributed by atoms with Gasteiger partial charge in [0.1, 0.15) is 0 Å². The van der Waals surface area contributed by atoms with Crippen LogP contribution in [-0.2, 0) is 6.42 Å². The Morgan fingerprint density at radius 1 is 1.20 bits per heavy atom. The second-order valence-corrected chi connectivity index (χ2v) is 4.97. The van der Waals surface area contributed by atoms with Crippen LogP contribution in [-0.4, -0.2) is 6.04 Å². The van der Waals surface area contributed by atoms with E-state index in [0.29, 0.717) is 11.8 Å². The Morgan fingerprint density at radius 2 is 1.80 bits per heavy atom. The summed E-state index contributed by atoms with van der Waals surface area (Å²) in [6.07, 6.45) is 0.967. The van der Waals surface area contributed by atoms with Gasteiger partial charge in [-0.1, -0.05) is 43.6 Å². The predicted octanol–water partition coefficient (Wildman–Crippen LogP) is 3.50. The van der Waals surface area contributed by atoms with E-state index >= 15 is 0 Å². The molecule has 1 rings (SSSR count). The zero-order valence-corrected chi connectivity index (χ0v) is 10.5. The highest BCUT2D eigenvalue weighted by molar-refractivity contribution is 6.31. The molecule has 1 aromatic carbocycles. The molecule has 0 aromatic heterocycles. The van der Waals surface area contributed by atoms with E-state index in [0.717, 1.165) is 11.4 Å². The molecule has 0 fully saturated rings. The first-order valence-corrected chi connectivity index (χ1v) is 5.89. The molecule has 0 aliphatic rings. The summed E-state index contributed by atoms with van der Waals surface area (Å²) in [7, 11) is 0. The third-order valence-electron chi connectivity index (χ3n) is 2.95. The van der Waals surface area contributed by atoms with Gasteiger partial charge in [0, 0.05) is 11.1 Å². The number of rotatable bonds is 4. The summed E-state index contributed by atoms with van der Waals surface area (Å²) in [5, 5.41) is 0.851. The molecule has 1 nitrogen and oxygen atoms in total. The zero-order chi connectivity index (χ0) is 11.4. The van der Waals surface area contributed by atoms with Crippen molar-refractivity contribution in [1.82, 2.24) is 0 Å². The van der Waals surface area contributed by atoms with Gasteiger partial charge < -0.3 is 5.73 Å². The fourth-order valence-electron chi connectivity index (χ4n) is 1.95. The lowest BCUT2D eigenvalue weighted by molar-refractivity contribution is 0.330. The van der Waals surface area contributed by atoms with Crippen LogP contribution in [0.1, 0.15) is 26.3 Å². The van der Waals surface area contributed by atoms with Gasteiger partial charge in [0.05, 0.1) is 0 Å². The van der Waals surface area contributed by atoms with Gasteiger partial charge in [-0.3, -0.25) is 0 Å². The van der Waals surface area contributed by atoms with E-state index in [-0.39, 0.29) is 6.04 Å². The maximum Gasteiger partial charge on any atom is 0.0438 e. The van der Waals surface area contributed by atoms with Gasteiger partial charge in [-0.05, 0) is 36.8 Å². The summed E-state index contributed by atoms with van der Waals surface area (Å²) in [4.78, 5) is 0. The number of benzene rings is 1. The van der Waals surface area contributed by atoms with Crippen LogP contribution in [0.4, 0.5) is 0 Å². The Labute approximate surface area is 97.6 Å². The summed E-state index contributed by atoms with van der Waals surface area (Å²) in [5.41, 5.74) is 7.20. The molecule has 2 atom stereocenters. The summed E-state index contributed by atoms with van der Waals surface area (Å²) >= 11 is 6.14. The molecule has 0 saturated carbocycles. The van der Waals surface area contributed by atoms with Crippen molar-refractivity contribution in [1.29, 1.82) is 0 Å². The molecule has 0 aliphatic heterocycles. The van der Waals surface area contributed by atoms with Crippen LogP contribution >= 0.6 is 11.6 Å². The summed E-state index contributed by atoms with van der Waals surface area (Å²) in [6, 6.07) is 8.22. The highest BCUT2D eigenvalue weighted by Gasteiger charge is 2.19. The third-order valence-corrected chi connectivity index (χ3v) is 3.31. The Hall–Kier alpha value is -0.530. The molecule has 15 heavy (non-hydrogen) atoms. The van der Waals surface area contributed by atoms with Crippen molar-refractivity contribution in [3.05, 3.63) is 34.9 Å². The van der Waals surface area contributed by atoms with Crippen LogP contribution in [0.3, 0.4) is 0 Å². The first-order chi connectivity index (χ1) is 7.02. The molecule has 0 aliphatic carbocycles. The number of hydrogen-bond acceptors (Lipinski definition) is 1. The summed E-state index contributed by atoms with van der Waals surface area (Å²) < 4.78 is 0. The van der Waals surface area contributed by atoms with E-state index < -0.39 is 0 Å². The van der Waals surface area contributed by atoms with Crippen molar-refractivity contribution in [3.63, 3.8) is 0 Å². The van der Waals surface area contributed by atoms with Crippen LogP contribution in [0.5, 0.6) is 0 Å². The molecule has 84 valence electrons. The van der Waals surface area contributed by atoms with Crippen LogP contribution in [0, 0.1) is 11.8 Å².